The van der Waals surface area contributed by atoms with Crippen LogP contribution in [0.15, 0.2) is 66.7 Å². The van der Waals surface area contributed by atoms with E-state index in [1.807, 2.05) is 30.3 Å². The third kappa shape index (κ3) is 4.21. The van der Waals surface area contributed by atoms with E-state index in [2.05, 4.69) is 51.2 Å². The zero-order valence-electron chi connectivity index (χ0n) is 22.2. The summed E-state index contributed by atoms with van der Waals surface area (Å²) >= 11 is 0. The van der Waals surface area contributed by atoms with Crippen molar-refractivity contribution in [3.05, 3.63) is 89.1 Å². The highest BCUT2D eigenvalue weighted by Crippen LogP contribution is 2.49. The molecule has 6 rings (SSSR count). The van der Waals surface area contributed by atoms with Crippen molar-refractivity contribution in [2.75, 3.05) is 47.6 Å². The quantitative estimate of drug-likeness (QED) is 0.362. The van der Waals surface area contributed by atoms with Gasteiger partial charge < -0.3 is 24.3 Å². The highest BCUT2D eigenvalue weighted by molar-refractivity contribution is 5.88. The molecule has 2 N–H and O–H groups in total. The first-order chi connectivity index (χ1) is 18.6. The summed E-state index contributed by atoms with van der Waals surface area (Å²) in [6.07, 6.45) is 0. The molecular formula is C31H35N3O4. The van der Waals surface area contributed by atoms with Crippen LogP contribution in [0, 0.1) is 0 Å². The van der Waals surface area contributed by atoms with Crippen LogP contribution in [0.3, 0.4) is 0 Å². The van der Waals surface area contributed by atoms with E-state index in [9.17, 15) is 5.11 Å². The van der Waals surface area contributed by atoms with Gasteiger partial charge in [-0.15, -0.1) is 0 Å². The maximum absolute atomic E-state index is 10.6. The van der Waals surface area contributed by atoms with E-state index in [1.165, 1.54) is 22.1 Å². The van der Waals surface area contributed by atoms with E-state index in [0.29, 0.717) is 0 Å². The minimum atomic E-state index is -0.112. The van der Waals surface area contributed by atoms with Gasteiger partial charge in [0.15, 0.2) is 0 Å². The van der Waals surface area contributed by atoms with Gasteiger partial charge in [-0.3, -0.25) is 9.80 Å². The van der Waals surface area contributed by atoms with Crippen LogP contribution in [0.4, 0.5) is 0 Å². The normalized spacial score (nSPS) is 18.8. The zero-order valence-corrected chi connectivity index (χ0v) is 22.2. The lowest BCUT2D eigenvalue weighted by atomic mass is 9.68. The van der Waals surface area contributed by atoms with Gasteiger partial charge in [0.25, 0.3) is 0 Å². The molecule has 7 nitrogen and oxygen atoms in total. The molecule has 0 unspecified atom stereocenters. The fraction of sp³-hybridized carbons (Fsp3) is 0.355. The molecule has 2 aliphatic heterocycles. The van der Waals surface area contributed by atoms with Crippen LogP contribution in [0.1, 0.15) is 28.4 Å². The third-order valence-corrected chi connectivity index (χ3v) is 8.20. The van der Waals surface area contributed by atoms with Crippen molar-refractivity contribution >= 4 is 10.9 Å². The van der Waals surface area contributed by atoms with E-state index < -0.39 is 0 Å². The number of aliphatic hydroxyl groups excluding tert-OH is 1. The molecule has 38 heavy (non-hydrogen) atoms. The topological polar surface area (TPSA) is 70.2 Å². The maximum atomic E-state index is 10.6. The Morgan fingerprint density at radius 1 is 0.868 bits per heavy atom. The summed E-state index contributed by atoms with van der Waals surface area (Å²) in [7, 11) is 5.11. The van der Waals surface area contributed by atoms with Crippen LogP contribution < -0.4 is 14.2 Å². The molecule has 0 bridgehead atoms. The van der Waals surface area contributed by atoms with E-state index in [-0.39, 0.29) is 18.1 Å². The Hall–Kier alpha value is -3.52. The standard InChI is InChI=1S/C31H35N3O4/c1-36-23-10-8-21(9-11-23)15-34-20-31(18-33(19-31)16-22-6-4-5-7-28(22)38-3)29-25-13-12-24(37-2)14-26(25)32-30(29)27(34)17-35/h4-14,27,32,35H,15-20H2,1-3H3/t27-/m1/s1. The molecule has 1 saturated heterocycles. The number of nitrogens with one attached hydrogen (secondary N) is 1. The second kappa shape index (κ2) is 9.98. The smallest absolute Gasteiger partial charge is 0.123 e. The SMILES string of the molecule is COc1ccc(CN2CC3(CN(Cc4ccccc4OC)C3)c3c([nH]c4cc(OC)ccc34)[C@H]2CO)cc1. The molecule has 1 atom stereocenters. The van der Waals surface area contributed by atoms with E-state index in [1.54, 1.807) is 21.3 Å². The van der Waals surface area contributed by atoms with Gasteiger partial charge in [-0.2, -0.15) is 0 Å². The number of nitrogens with zero attached hydrogens (tertiary/aromatic N) is 2. The number of para-hydroxylation sites is 1. The minimum absolute atomic E-state index is 0.0394. The molecule has 7 heteroatoms. The zero-order chi connectivity index (χ0) is 26.3. The predicted octanol–water partition coefficient (Wildman–Crippen LogP) is 4.50. The fourth-order valence-electron chi connectivity index (χ4n) is 6.50. The monoisotopic (exact) mass is 513 g/mol. The molecule has 1 fully saturated rings. The van der Waals surface area contributed by atoms with Gasteiger partial charge in [-0.25, -0.2) is 0 Å². The number of ether oxygens (including phenoxy) is 3. The van der Waals surface area contributed by atoms with Gasteiger partial charge in [0.05, 0.1) is 34.0 Å². The van der Waals surface area contributed by atoms with Crippen molar-refractivity contribution in [3.8, 4) is 17.2 Å². The summed E-state index contributed by atoms with van der Waals surface area (Å²) in [4.78, 5) is 8.61. The number of hydrogen-bond donors (Lipinski definition) is 2. The number of fused-ring (bicyclic) bond motifs is 4. The van der Waals surface area contributed by atoms with Crippen LogP contribution in [0.5, 0.6) is 17.2 Å². The first kappa shape index (κ1) is 24.8. The van der Waals surface area contributed by atoms with Crippen molar-refractivity contribution in [2.45, 2.75) is 24.5 Å². The first-order valence-electron chi connectivity index (χ1n) is 13.1. The van der Waals surface area contributed by atoms with Crippen molar-refractivity contribution in [3.63, 3.8) is 0 Å². The summed E-state index contributed by atoms with van der Waals surface area (Å²) in [6.45, 7) is 4.40. The molecule has 1 spiro atoms. The fourth-order valence-corrected chi connectivity index (χ4v) is 6.50. The summed E-state index contributed by atoms with van der Waals surface area (Å²) in [5, 5.41) is 11.9. The second-order valence-electron chi connectivity index (χ2n) is 10.5. The number of hydrogen-bond acceptors (Lipinski definition) is 6. The molecule has 3 aromatic carbocycles. The minimum Gasteiger partial charge on any atom is -0.497 e. The van der Waals surface area contributed by atoms with Gasteiger partial charge in [-0.1, -0.05) is 30.3 Å². The Morgan fingerprint density at radius 3 is 2.32 bits per heavy atom. The number of methoxy groups -OCH3 is 3. The van der Waals surface area contributed by atoms with Gasteiger partial charge in [-0.05, 0) is 41.5 Å². The third-order valence-electron chi connectivity index (χ3n) is 8.20. The van der Waals surface area contributed by atoms with Gasteiger partial charge in [0.2, 0.25) is 0 Å². The molecule has 0 radical (unpaired) electrons. The molecule has 4 aromatic rings. The average molecular weight is 514 g/mol. The van der Waals surface area contributed by atoms with Gasteiger partial charge in [0, 0.05) is 66.4 Å². The lowest BCUT2D eigenvalue weighted by molar-refractivity contribution is -0.0122. The molecule has 3 heterocycles. The highest BCUT2D eigenvalue weighted by Gasteiger charge is 2.52. The second-order valence-corrected chi connectivity index (χ2v) is 10.5. The Morgan fingerprint density at radius 2 is 1.61 bits per heavy atom. The first-order valence-corrected chi connectivity index (χ1v) is 13.1. The molecule has 1 aromatic heterocycles. The highest BCUT2D eigenvalue weighted by atomic mass is 16.5. The summed E-state index contributed by atoms with van der Waals surface area (Å²) in [6, 6.07) is 22.6. The lowest BCUT2D eigenvalue weighted by Gasteiger charge is -2.56. The molecule has 0 saturated carbocycles. The van der Waals surface area contributed by atoms with Gasteiger partial charge >= 0.3 is 0 Å². The van der Waals surface area contributed by atoms with Crippen LogP contribution in [0.25, 0.3) is 10.9 Å². The number of H-pyrrole nitrogens is 1. The largest absolute Gasteiger partial charge is 0.497 e. The van der Waals surface area contributed by atoms with Crippen LogP contribution >= 0.6 is 0 Å². The molecular weight excluding hydrogens is 478 g/mol. The Balaban J connectivity index is 1.36. The summed E-state index contributed by atoms with van der Waals surface area (Å²) in [5.41, 5.74) is 5.88. The Bertz CT molecular complexity index is 1430. The number of aromatic amines is 1. The number of aliphatic hydroxyl groups is 1. The Labute approximate surface area is 223 Å². The molecule has 2 aliphatic rings. The van der Waals surface area contributed by atoms with E-state index in [4.69, 9.17) is 14.2 Å². The van der Waals surface area contributed by atoms with E-state index in [0.717, 1.165) is 61.2 Å². The predicted molar refractivity (Wildman–Crippen MR) is 148 cm³/mol. The molecule has 198 valence electrons. The summed E-state index contributed by atoms with van der Waals surface area (Å²) in [5.74, 6) is 2.60. The maximum Gasteiger partial charge on any atom is 0.123 e. The number of rotatable bonds is 8. The molecule has 0 aliphatic carbocycles. The number of aromatic nitrogens is 1. The van der Waals surface area contributed by atoms with Crippen LogP contribution in [-0.4, -0.2) is 67.5 Å². The van der Waals surface area contributed by atoms with Crippen molar-refractivity contribution in [1.82, 2.24) is 14.8 Å². The van der Waals surface area contributed by atoms with Crippen molar-refractivity contribution < 1.29 is 19.3 Å². The number of benzene rings is 3. The summed E-state index contributed by atoms with van der Waals surface area (Å²) < 4.78 is 16.5. The Kier molecular flexibility index (Phi) is 6.51. The van der Waals surface area contributed by atoms with Gasteiger partial charge in [0.1, 0.15) is 17.2 Å². The van der Waals surface area contributed by atoms with E-state index >= 15 is 0 Å². The number of likely N-dealkylation sites (tertiary alicyclic amines) is 1. The lowest BCUT2D eigenvalue weighted by Crippen LogP contribution is -2.65. The average Bonchev–Trinajstić information content (AvgIpc) is 3.32. The van der Waals surface area contributed by atoms with Crippen molar-refractivity contribution in [1.29, 1.82) is 0 Å². The van der Waals surface area contributed by atoms with Crippen LogP contribution in [-0.2, 0) is 18.5 Å². The van der Waals surface area contributed by atoms with Crippen molar-refractivity contribution in [2.24, 2.45) is 0 Å². The molecule has 0 amide bonds. The van der Waals surface area contributed by atoms with Crippen LogP contribution in [0.2, 0.25) is 0 Å².